The molecule has 4 heteroatoms. The number of nitrogens with zero attached hydrogens (tertiary/aromatic N) is 1. The van der Waals surface area contributed by atoms with Gasteiger partial charge >= 0.3 is 5.97 Å². The minimum absolute atomic E-state index is 0.120. The normalized spacial score (nSPS) is 19.9. The summed E-state index contributed by atoms with van der Waals surface area (Å²) in [5.41, 5.74) is 0. The van der Waals surface area contributed by atoms with Gasteiger partial charge in [-0.1, -0.05) is 66.2 Å². The third kappa shape index (κ3) is 7.79. The van der Waals surface area contributed by atoms with Gasteiger partial charge < -0.3 is 9.64 Å². The molecule has 0 aromatic rings. The maximum absolute atomic E-state index is 12.4. The van der Waals surface area contributed by atoms with Crippen LogP contribution in [0.2, 0.25) is 0 Å². The highest BCUT2D eigenvalue weighted by Crippen LogP contribution is 2.24. The fourth-order valence-corrected chi connectivity index (χ4v) is 3.55. The molecule has 3 unspecified atom stereocenters. The highest BCUT2D eigenvalue weighted by Gasteiger charge is 2.36. The summed E-state index contributed by atoms with van der Waals surface area (Å²) in [5.74, 6) is 0.690. The summed E-state index contributed by atoms with van der Waals surface area (Å²) >= 11 is 0. The number of ether oxygens (including phenoxy) is 1. The summed E-state index contributed by atoms with van der Waals surface area (Å²) in [7, 11) is 0. The van der Waals surface area contributed by atoms with Crippen LogP contribution in [-0.2, 0) is 14.3 Å². The molecule has 1 heterocycles. The molecule has 146 valence electrons. The summed E-state index contributed by atoms with van der Waals surface area (Å²) < 4.78 is 5.55. The van der Waals surface area contributed by atoms with E-state index in [0.29, 0.717) is 31.4 Å². The summed E-state index contributed by atoms with van der Waals surface area (Å²) in [4.78, 5) is 26.5. The van der Waals surface area contributed by atoms with E-state index >= 15 is 0 Å². The lowest BCUT2D eigenvalue weighted by molar-refractivity contribution is -0.149. The van der Waals surface area contributed by atoms with E-state index in [1.807, 2.05) is 4.90 Å². The molecule has 0 saturated carbocycles. The Labute approximate surface area is 154 Å². The number of rotatable bonds is 13. The number of likely N-dealkylation sites (tertiary alicyclic amines) is 1. The van der Waals surface area contributed by atoms with Gasteiger partial charge in [-0.25, -0.2) is 0 Å². The van der Waals surface area contributed by atoms with Crippen LogP contribution in [-0.4, -0.2) is 36.5 Å². The van der Waals surface area contributed by atoms with Crippen molar-refractivity contribution in [3.05, 3.63) is 0 Å². The van der Waals surface area contributed by atoms with E-state index in [0.717, 1.165) is 25.8 Å². The standard InChI is InChI=1S/C21H39NO3/c1-5-9-11-17(7-3)14-22-15-19(13-20(22)23)21(24)25-16-18(8-4)12-10-6-2/h17-19H,5-16H2,1-4H3. The van der Waals surface area contributed by atoms with Gasteiger partial charge in [-0.2, -0.15) is 0 Å². The minimum atomic E-state index is -0.264. The lowest BCUT2D eigenvalue weighted by Gasteiger charge is -2.23. The van der Waals surface area contributed by atoms with E-state index in [4.69, 9.17) is 4.74 Å². The lowest BCUT2D eigenvalue weighted by atomic mass is 9.99. The van der Waals surface area contributed by atoms with Crippen LogP contribution >= 0.6 is 0 Å². The van der Waals surface area contributed by atoms with Gasteiger partial charge in [-0.15, -0.1) is 0 Å². The van der Waals surface area contributed by atoms with E-state index in [1.54, 1.807) is 0 Å². The zero-order valence-electron chi connectivity index (χ0n) is 16.9. The fourth-order valence-electron chi connectivity index (χ4n) is 3.55. The van der Waals surface area contributed by atoms with Gasteiger partial charge in [0, 0.05) is 19.5 Å². The van der Waals surface area contributed by atoms with Crippen LogP contribution in [0.1, 0.15) is 85.5 Å². The van der Waals surface area contributed by atoms with E-state index in [9.17, 15) is 9.59 Å². The van der Waals surface area contributed by atoms with Crippen LogP contribution in [0, 0.1) is 17.8 Å². The molecule has 1 fully saturated rings. The molecule has 0 aliphatic carbocycles. The van der Waals surface area contributed by atoms with Gasteiger partial charge in [0.1, 0.15) is 0 Å². The van der Waals surface area contributed by atoms with Crippen LogP contribution in [0.5, 0.6) is 0 Å². The van der Waals surface area contributed by atoms with Gasteiger partial charge in [-0.05, 0) is 24.7 Å². The number of hydrogen-bond donors (Lipinski definition) is 0. The number of unbranched alkanes of at least 4 members (excludes halogenated alkanes) is 2. The Balaban J connectivity index is 2.42. The zero-order valence-corrected chi connectivity index (χ0v) is 16.9. The zero-order chi connectivity index (χ0) is 18.7. The maximum Gasteiger partial charge on any atom is 0.311 e. The van der Waals surface area contributed by atoms with Crippen molar-refractivity contribution in [1.82, 2.24) is 4.90 Å². The van der Waals surface area contributed by atoms with Gasteiger partial charge in [-0.3, -0.25) is 9.59 Å². The van der Waals surface area contributed by atoms with Gasteiger partial charge in [0.25, 0.3) is 0 Å². The van der Waals surface area contributed by atoms with Crippen molar-refractivity contribution in [3.8, 4) is 0 Å². The average molecular weight is 354 g/mol. The van der Waals surface area contributed by atoms with Crippen molar-refractivity contribution in [2.75, 3.05) is 19.7 Å². The molecule has 0 bridgehead atoms. The third-order valence-corrected chi connectivity index (χ3v) is 5.57. The Bertz CT molecular complexity index is 397. The summed E-state index contributed by atoms with van der Waals surface area (Å²) in [6.45, 7) is 10.6. The summed E-state index contributed by atoms with van der Waals surface area (Å²) in [6, 6.07) is 0. The van der Waals surface area contributed by atoms with Crippen molar-refractivity contribution in [1.29, 1.82) is 0 Å². The van der Waals surface area contributed by atoms with Crippen molar-refractivity contribution in [2.24, 2.45) is 17.8 Å². The SMILES string of the molecule is CCCCC(CC)COC(=O)C1CC(=O)N(CC(CC)CCCC)C1. The number of esters is 1. The largest absolute Gasteiger partial charge is 0.465 e. The van der Waals surface area contributed by atoms with E-state index in [-0.39, 0.29) is 17.8 Å². The van der Waals surface area contributed by atoms with Crippen LogP contribution in [0.3, 0.4) is 0 Å². The summed E-state index contributed by atoms with van der Waals surface area (Å²) in [5, 5.41) is 0. The first-order valence-corrected chi connectivity index (χ1v) is 10.5. The molecule has 0 aromatic carbocycles. The van der Waals surface area contributed by atoms with Gasteiger partial charge in [0.15, 0.2) is 0 Å². The highest BCUT2D eigenvalue weighted by molar-refractivity contribution is 5.86. The molecule has 1 rings (SSSR count). The second-order valence-corrected chi connectivity index (χ2v) is 7.66. The van der Waals surface area contributed by atoms with E-state index in [2.05, 4.69) is 27.7 Å². The number of hydrogen-bond acceptors (Lipinski definition) is 3. The van der Waals surface area contributed by atoms with Crippen LogP contribution < -0.4 is 0 Å². The quantitative estimate of drug-likeness (QED) is 0.446. The fraction of sp³-hybridized carbons (Fsp3) is 0.905. The van der Waals surface area contributed by atoms with Crippen LogP contribution in [0.4, 0.5) is 0 Å². The Kier molecular flexibility index (Phi) is 10.8. The predicted molar refractivity (Wildman–Crippen MR) is 102 cm³/mol. The minimum Gasteiger partial charge on any atom is -0.465 e. The number of amides is 1. The molecule has 0 spiro atoms. The second kappa shape index (κ2) is 12.3. The van der Waals surface area contributed by atoms with Crippen molar-refractivity contribution in [2.45, 2.75) is 85.5 Å². The lowest BCUT2D eigenvalue weighted by Crippen LogP contribution is -2.32. The first-order chi connectivity index (χ1) is 12.0. The molecule has 25 heavy (non-hydrogen) atoms. The highest BCUT2D eigenvalue weighted by atomic mass is 16.5. The molecule has 1 amide bonds. The Hall–Kier alpha value is -1.06. The van der Waals surface area contributed by atoms with Crippen LogP contribution in [0.15, 0.2) is 0 Å². The topological polar surface area (TPSA) is 46.6 Å². The van der Waals surface area contributed by atoms with E-state index in [1.165, 1.54) is 32.1 Å². The summed E-state index contributed by atoms with van der Waals surface area (Å²) in [6.07, 6.45) is 9.50. The molecule has 4 nitrogen and oxygen atoms in total. The van der Waals surface area contributed by atoms with Crippen molar-refractivity contribution >= 4 is 11.9 Å². The molecule has 1 aliphatic heterocycles. The van der Waals surface area contributed by atoms with Crippen molar-refractivity contribution in [3.63, 3.8) is 0 Å². The molecular weight excluding hydrogens is 314 g/mol. The molecular formula is C21H39NO3. The molecule has 3 atom stereocenters. The third-order valence-electron chi connectivity index (χ3n) is 5.57. The maximum atomic E-state index is 12.4. The molecule has 1 aliphatic rings. The smallest absolute Gasteiger partial charge is 0.311 e. The Morgan fingerprint density at radius 3 is 2.24 bits per heavy atom. The number of carbonyl (C=O) groups excluding carboxylic acids is 2. The molecule has 0 radical (unpaired) electrons. The Morgan fingerprint density at radius 2 is 1.68 bits per heavy atom. The first-order valence-electron chi connectivity index (χ1n) is 10.5. The van der Waals surface area contributed by atoms with Crippen molar-refractivity contribution < 1.29 is 14.3 Å². The Morgan fingerprint density at radius 1 is 1.08 bits per heavy atom. The average Bonchev–Trinajstić information content (AvgIpc) is 2.99. The van der Waals surface area contributed by atoms with E-state index < -0.39 is 0 Å². The van der Waals surface area contributed by atoms with Gasteiger partial charge in [0.2, 0.25) is 5.91 Å². The monoisotopic (exact) mass is 353 g/mol. The number of carbonyl (C=O) groups is 2. The molecule has 1 saturated heterocycles. The predicted octanol–water partition coefficient (Wildman–Crippen LogP) is 4.81. The molecule has 0 aromatic heterocycles. The van der Waals surface area contributed by atoms with Gasteiger partial charge in [0.05, 0.1) is 12.5 Å². The first kappa shape index (κ1) is 22.0. The second-order valence-electron chi connectivity index (χ2n) is 7.66. The van der Waals surface area contributed by atoms with Crippen LogP contribution in [0.25, 0.3) is 0 Å². The molecule has 0 N–H and O–H groups in total.